The Bertz CT molecular complexity index is 302. The summed E-state index contributed by atoms with van der Waals surface area (Å²) in [6.45, 7) is 1.42. The Kier molecular flexibility index (Phi) is 29.3. The molecule has 6 nitrogen and oxygen atoms in total. The van der Waals surface area contributed by atoms with E-state index in [1.165, 1.54) is 0 Å². The number of thiol groups is 2. The van der Waals surface area contributed by atoms with Crippen LogP contribution in [0.4, 0.5) is 0 Å². The zero-order valence-corrected chi connectivity index (χ0v) is 20.1. The van der Waals surface area contributed by atoms with Crippen LogP contribution in [0.1, 0.15) is 0 Å². The topological polar surface area (TPSA) is 98.7 Å². The van der Waals surface area contributed by atoms with Crippen LogP contribution in [-0.4, -0.2) is 35.0 Å². The number of thiocarbonyl (C=S) groups is 2. The van der Waals surface area contributed by atoms with Crippen LogP contribution >= 0.6 is 49.7 Å². The number of nitrogens with one attached hydrogen (secondary N) is 2. The second-order valence-corrected chi connectivity index (χ2v) is 6.43. The molecule has 14 heteroatoms. The standard InChI is InChI=1S/C4H8N2S4.H2O3S2.O.2Zn/c7-3(8)5-1-2-6-4(9)10;1-5(2,3)4;;;/h1-2H2,(H2,5,7,8)(H2,6,9,10);(H2,1,2,3,4);;;. The van der Waals surface area contributed by atoms with Crippen molar-refractivity contribution in [1.82, 2.24) is 10.6 Å². The molecule has 4 N–H and O–H groups in total. The maximum atomic E-state index is 9.11. The monoisotopic (exact) mass is 470 g/mol. The van der Waals surface area contributed by atoms with Crippen molar-refractivity contribution in [2.45, 2.75) is 0 Å². The first-order chi connectivity index (χ1) is 7.63. The summed E-state index contributed by atoms with van der Waals surface area (Å²) in [6, 6.07) is 0. The predicted octanol–water partition coefficient (Wildman–Crippen LogP) is 0.150. The van der Waals surface area contributed by atoms with E-state index >= 15 is 0 Å². The molecule has 18 heavy (non-hydrogen) atoms. The minimum atomic E-state index is -3.83. The van der Waals surface area contributed by atoms with E-state index in [9.17, 15) is 0 Å². The van der Waals surface area contributed by atoms with Gasteiger partial charge in [0.15, 0.2) is 0 Å². The van der Waals surface area contributed by atoms with Crippen LogP contribution < -0.4 is 10.6 Å². The van der Waals surface area contributed by atoms with Gasteiger partial charge in [-0.15, -0.1) is 25.3 Å². The molecule has 0 rings (SSSR count). The van der Waals surface area contributed by atoms with Gasteiger partial charge in [0.05, 0.1) is 0 Å². The largest absolute Gasteiger partial charge is 0 e. The van der Waals surface area contributed by atoms with E-state index in [2.05, 4.69) is 71.5 Å². The molecule has 0 radical (unpaired) electrons. The van der Waals surface area contributed by atoms with Crippen molar-refractivity contribution in [3.05, 3.63) is 0 Å². The predicted molar refractivity (Wildman–Crippen MR) is 80.6 cm³/mol. The third kappa shape index (κ3) is 64.8. The third-order valence-corrected chi connectivity index (χ3v) is 1.28. The SMILES string of the molecule is O=S(O)(O)=S.S=C(S)NCCNC(=S)S.[O]=[Zn].[Zn]. The molecule has 0 amide bonds. The summed E-state index contributed by atoms with van der Waals surface area (Å²) in [7, 11) is -3.83. The average molecular weight is 473 g/mol. The number of rotatable bonds is 3. The van der Waals surface area contributed by atoms with Crippen molar-refractivity contribution in [2.24, 2.45) is 0 Å². The molecule has 0 aromatic heterocycles. The fourth-order valence-electron chi connectivity index (χ4n) is 0.339. The molecule has 0 atom stereocenters. The molecule has 0 bridgehead atoms. The maximum Gasteiger partial charge on any atom is 0 e. The fourth-order valence-corrected chi connectivity index (χ4v) is 0.767. The van der Waals surface area contributed by atoms with E-state index in [-0.39, 0.29) is 37.7 Å². The molecular weight excluding hydrogens is 463 g/mol. The van der Waals surface area contributed by atoms with Crippen molar-refractivity contribution >= 4 is 78.6 Å². The van der Waals surface area contributed by atoms with Crippen molar-refractivity contribution < 1.29 is 54.6 Å². The van der Waals surface area contributed by atoms with Crippen LogP contribution in [0.3, 0.4) is 0 Å². The Hall–Kier alpha value is 1.82. The molecular formula is C4H10N2O4S6Zn2. The molecule has 0 fully saturated rings. The van der Waals surface area contributed by atoms with Gasteiger partial charge in [-0.2, -0.15) is 4.21 Å². The normalized spacial score (nSPS) is 8.33. The average Bonchev–Trinajstić information content (AvgIpc) is 2.12. The van der Waals surface area contributed by atoms with Gasteiger partial charge in [-0.25, -0.2) is 0 Å². The second kappa shape index (κ2) is 18.8. The molecule has 0 spiro atoms. The smallest absolute Gasteiger partial charge is 0 e. The summed E-state index contributed by atoms with van der Waals surface area (Å²) >= 11 is 20.6. The van der Waals surface area contributed by atoms with Crippen LogP contribution in [0.2, 0.25) is 0 Å². The fraction of sp³-hybridized carbons (Fsp3) is 0.500. The first kappa shape index (κ1) is 28.0. The van der Waals surface area contributed by atoms with E-state index < -0.39 is 9.05 Å². The Balaban J connectivity index is -0.000000105. The minimum absolute atomic E-state index is 0. The van der Waals surface area contributed by atoms with Gasteiger partial charge in [0, 0.05) is 43.8 Å². The van der Waals surface area contributed by atoms with Crippen molar-refractivity contribution in [3.63, 3.8) is 0 Å². The zero-order chi connectivity index (χ0) is 14.5. The van der Waals surface area contributed by atoms with E-state index in [0.29, 0.717) is 21.7 Å². The Morgan fingerprint density at radius 2 is 1.28 bits per heavy atom. The van der Waals surface area contributed by atoms with Crippen molar-refractivity contribution in [2.75, 3.05) is 13.1 Å². The van der Waals surface area contributed by atoms with Crippen LogP contribution in [0, 0.1) is 0 Å². The molecule has 0 aliphatic heterocycles. The van der Waals surface area contributed by atoms with E-state index in [1.807, 2.05) is 0 Å². The van der Waals surface area contributed by atoms with Gasteiger partial charge in [0.25, 0.3) is 9.05 Å². The molecule has 0 aliphatic carbocycles. The van der Waals surface area contributed by atoms with E-state index in [1.54, 1.807) is 0 Å². The zero-order valence-electron chi connectivity index (χ0n) is 9.07. The number of hydrogen-bond donors (Lipinski definition) is 6. The van der Waals surface area contributed by atoms with Gasteiger partial charge >= 0.3 is 21.8 Å². The van der Waals surface area contributed by atoms with E-state index in [0.717, 1.165) is 0 Å². The molecule has 100 valence electrons. The Morgan fingerprint density at radius 1 is 1.11 bits per heavy atom. The van der Waals surface area contributed by atoms with Crippen LogP contribution in [0.5, 0.6) is 0 Å². The third-order valence-electron chi connectivity index (χ3n) is 0.677. The summed E-state index contributed by atoms with van der Waals surface area (Å²) in [5, 5.41) is 5.68. The van der Waals surface area contributed by atoms with Crippen LogP contribution in [0.25, 0.3) is 0 Å². The molecule has 0 aromatic rings. The first-order valence-electron chi connectivity index (χ1n) is 3.55. The van der Waals surface area contributed by atoms with Gasteiger partial charge in [-0.1, -0.05) is 24.4 Å². The summed E-state index contributed by atoms with van der Waals surface area (Å²) < 4.78 is 33.3. The van der Waals surface area contributed by atoms with Gasteiger partial charge in [0.2, 0.25) is 0 Å². The van der Waals surface area contributed by atoms with Crippen LogP contribution in [0.15, 0.2) is 0 Å². The van der Waals surface area contributed by atoms with Gasteiger partial charge in [-0.05, 0) is 0 Å². The molecule has 0 aromatic carbocycles. The Morgan fingerprint density at radius 3 is 1.39 bits per heavy atom. The molecule has 0 heterocycles. The van der Waals surface area contributed by atoms with Gasteiger partial charge in [-0.3, -0.25) is 9.11 Å². The first-order valence-corrected chi connectivity index (χ1v) is 8.87. The summed E-state index contributed by atoms with van der Waals surface area (Å²) in [6.07, 6.45) is 0. The summed E-state index contributed by atoms with van der Waals surface area (Å²) in [5.41, 5.74) is 0. The Labute approximate surface area is 155 Å². The molecule has 0 unspecified atom stereocenters. The molecule has 0 saturated heterocycles. The van der Waals surface area contributed by atoms with E-state index in [4.69, 9.17) is 16.9 Å². The minimum Gasteiger partial charge on any atom is 0 e. The van der Waals surface area contributed by atoms with Gasteiger partial charge in [0.1, 0.15) is 8.64 Å². The van der Waals surface area contributed by atoms with Crippen molar-refractivity contribution in [3.8, 4) is 0 Å². The number of hydrogen-bond acceptors (Lipinski definition) is 5. The quantitative estimate of drug-likeness (QED) is 0.148. The molecule has 0 saturated carbocycles. The second-order valence-electron chi connectivity index (χ2n) is 1.91. The van der Waals surface area contributed by atoms with Crippen molar-refractivity contribution in [1.29, 1.82) is 0 Å². The van der Waals surface area contributed by atoms with Crippen LogP contribution in [-0.2, 0) is 61.5 Å². The molecule has 0 aliphatic rings. The summed E-state index contributed by atoms with van der Waals surface area (Å²) in [5.74, 6) is 0. The maximum absolute atomic E-state index is 9.11. The summed E-state index contributed by atoms with van der Waals surface area (Å²) in [4.78, 5) is 0. The van der Waals surface area contributed by atoms with Gasteiger partial charge < -0.3 is 10.6 Å².